The number of benzene rings is 1. The van der Waals surface area contributed by atoms with E-state index in [1.165, 1.54) is 4.88 Å². The van der Waals surface area contributed by atoms with Crippen molar-refractivity contribution in [3.63, 3.8) is 0 Å². The molecule has 90 valence electrons. The van der Waals surface area contributed by atoms with Gasteiger partial charge < -0.3 is 11.1 Å². The number of aryl methyl sites for hydroxylation is 1. The van der Waals surface area contributed by atoms with Gasteiger partial charge in [-0.2, -0.15) is 0 Å². The standard InChI is InChI=1S/C12H14ClN3S/c1-8-16-7-12(17-8)6-15-5-9-2-10(13)4-11(14)3-9/h2-4,7,15H,5-6,14H2,1H3. The fourth-order valence-corrected chi connectivity index (χ4v) is 2.63. The molecule has 0 fully saturated rings. The third-order valence-electron chi connectivity index (χ3n) is 2.28. The number of hydrogen-bond donors (Lipinski definition) is 2. The number of halogens is 1. The molecule has 0 saturated heterocycles. The zero-order valence-corrected chi connectivity index (χ0v) is 11.1. The Balaban J connectivity index is 1.89. The first-order chi connectivity index (χ1) is 8.13. The maximum absolute atomic E-state index is 5.93. The molecular weight excluding hydrogens is 254 g/mol. The fraction of sp³-hybridized carbons (Fsp3) is 0.250. The van der Waals surface area contributed by atoms with Gasteiger partial charge in [-0.05, 0) is 30.7 Å². The van der Waals surface area contributed by atoms with Gasteiger partial charge in [-0.3, -0.25) is 0 Å². The largest absolute Gasteiger partial charge is 0.399 e. The van der Waals surface area contributed by atoms with Crippen molar-refractivity contribution < 1.29 is 0 Å². The van der Waals surface area contributed by atoms with Gasteiger partial charge >= 0.3 is 0 Å². The maximum Gasteiger partial charge on any atom is 0.0897 e. The molecule has 0 spiro atoms. The number of anilines is 1. The molecule has 0 bridgehead atoms. The van der Waals surface area contributed by atoms with Crippen LogP contribution in [-0.2, 0) is 13.1 Å². The molecule has 0 aliphatic rings. The minimum atomic E-state index is 0.676. The normalized spacial score (nSPS) is 10.7. The molecule has 0 aliphatic carbocycles. The van der Waals surface area contributed by atoms with Crippen LogP contribution in [0, 0.1) is 6.92 Å². The van der Waals surface area contributed by atoms with Crippen LogP contribution in [0.2, 0.25) is 5.02 Å². The Morgan fingerprint density at radius 1 is 1.35 bits per heavy atom. The second-order valence-electron chi connectivity index (χ2n) is 3.84. The summed E-state index contributed by atoms with van der Waals surface area (Å²) in [5.41, 5.74) is 7.52. The molecule has 1 aromatic carbocycles. The quantitative estimate of drug-likeness (QED) is 0.838. The van der Waals surface area contributed by atoms with Crippen LogP contribution in [0.4, 0.5) is 5.69 Å². The Morgan fingerprint density at radius 2 is 2.18 bits per heavy atom. The predicted octanol–water partition coefficient (Wildman–Crippen LogP) is 2.98. The van der Waals surface area contributed by atoms with E-state index in [-0.39, 0.29) is 0 Å². The molecule has 2 aromatic rings. The highest BCUT2D eigenvalue weighted by Gasteiger charge is 2.00. The average molecular weight is 268 g/mol. The highest BCUT2D eigenvalue weighted by atomic mass is 35.5. The van der Waals surface area contributed by atoms with Crippen LogP contribution < -0.4 is 11.1 Å². The third kappa shape index (κ3) is 3.70. The Kier molecular flexibility index (Phi) is 3.99. The zero-order valence-electron chi connectivity index (χ0n) is 9.53. The van der Waals surface area contributed by atoms with Gasteiger partial charge in [-0.25, -0.2) is 4.98 Å². The Bertz CT molecular complexity index is 490. The molecule has 1 aromatic heterocycles. The minimum absolute atomic E-state index is 0.676. The number of nitrogens with zero attached hydrogens (tertiary/aromatic N) is 1. The lowest BCUT2D eigenvalue weighted by molar-refractivity contribution is 0.700. The summed E-state index contributed by atoms with van der Waals surface area (Å²) in [6.07, 6.45) is 1.90. The van der Waals surface area contributed by atoms with Crippen molar-refractivity contribution in [3.05, 3.63) is 44.9 Å². The first-order valence-electron chi connectivity index (χ1n) is 5.30. The monoisotopic (exact) mass is 267 g/mol. The molecule has 1 heterocycles. The van der Waals surface area contributed by atoms with Gasteiger partial charge in [0.2, 0.25) is 0 Å². The fourth-order valence-electron chi connectivity index (χ4n) is 1.59. The summed E-state index contributed by atoms with van der Waals surface area (Å²) in [5.74, 6) is 0. The predicted molar refractivity (Wildman–Crippen MR) is 73.3 cm³/mol. The van der Waals surface area contributed by atoms with Crippen LogP contribution in [0.15, 0.2) is 24.4 Å². The Hall–Kier alpha value is -1.10. The highest BCUT2D eigenvalue weighted by molar-refractivity contribution is 7.11. The number of rotatable bonds is 4. The smallest absolute Gasteiger partial charge is 0.0897 e. The van der Waals surface area contributed by atoms with Crippen LogP contribution in [0.25, 0.3) is 0 Å². The van der Waals surface area contributed by atoms with Gasteiger partial charge in [0.05, 0.1) is 5.01 Å². The van der Waals surface area contributed by atoms with E-state index < -0.39 is 0 Å². The summed E-state index contributed by atoms with van der Waals surface area (Å²) >= 11 is 7.64. The maximum atomic E-state index is 5.93. The number of aromatic nitrogens is 1. The lowest BCUT2D eigenvalue weighted by Crippen LogP contribution is -2.11. The lowest BCUT2D eigenvalue weighted by atomic mass is 10.2. The van der Waals surface area contributed by atoms with Gasteiger partial charge in [0, 0.05) is 34.9 Å². The molecule has 3 nitrogen and oxygen atoms in total. The van der Waals surface area contributed by atoms with Gasteiger partial charge in [0.1, 0.15) is 0 Å². The molecule has 0 amide bonds. The summed E-state index contributed by atoms with van der Waals surface area (Å²) in [6.45, 7) is 3.57. The van der Waals surface area contributed by atoms with Crippen molar-refractivity contribution in [2.45, 2.75) is 20.0 Å². The van der Waals surface area contributed by atoms with Gasteiger partial charge in [-0.1, -0.05) is 11.6 Å². The van der Waals surface area contributed by atoms with E-state index in [0.717, 1.165) is 23.7 Å². The van der Waals surface area contributed by atoms with Crippen molar-refractivity contribution >= 4 is 28.6 Å². The molecule has 3 N–H and O–H groups in total. The number of nitrogens with one attached hydrogen (secondary N) is 1. The molecule has 0 unspecified atom stereocenters. The molecular formula is C12H14ClN3S. The highest BCUT2D eigenvalue weighted by Crippen LogP contribution is 2.17. The van der Waals surface area contributed by atoms with Crippen molar-refractivity contribution in [2.24, 2.45) is 0 Å². The summed E-state index contributed by atoms with van der Waals surface area (Å²) in [4.78, 5) is 5.44. The van der Waals surface area contributed by atoms with Crippen molar-refractivity contribution in [2.75, 3.05) is 5.73 Å². The first-order valence-corrected chi connectivity index (χ1v) is 6.50. The van der Waals surface area contributed by atoms with E-state index >= 15 is 0 Å². The van der Waals surface area contributed by atoms with Crippen LogP contribution in [0.1, 0.15) is 15.4 Å². The van der Waals surface area contributed by atoms with Gasteiger partial charge in [0.15, 0.2) is 0 Å². The molecule has 17 heavy (non-hydrogen) atoms. The molecule has 0 aliphatic heterocycles. The van der Waals surface area contributed by atoms with Crippen molar-refractivity contribution in [1.82, 2.24) is 10.3 Å². The second-order valence-corrected chi connectivity index (χ2v) is 5.60. The van der Waals surface area contributed by atoms with E-state index in [4.69, 9.17) is 17.3 Å². The molecule has 5 heteroatoms. The van der Waals surface area contributed by atoms with Gasteiger partial charge in [0.25, 0.3) is 0 Å². The number of hydrogen-bond acceptors (Lipinski definition) is 4. The SMILES string of the molecule is Cc1ncc(CNCc2cc(N)cc(Cl)c2)s1. The summed E-state index contributed by atoms with van der Waals surface area (Å²) in [5, 5.41) is 5.11. The van der Waals surface area contributed by atoms with Crippen LogP contribution >= 0.6 is 22.9 Å². The average Bonchev–Trinajstić information content (AvgIpc) is 2.63. The number of thiazole rings is 1. The Labute approximate surface area is 110 Å². The molecule has 0 saturated carbocycles. The van der Waals surface area contributed by atoms with E-state index in [1.807, 2.05) is 25.3 Å². The summed E-state index contributed by atoms with van der Waals surface area (Å²) in [6, 6.07) is 5.59. The number of nitrogens with two attached hydrogens (primary N) is 1. The zero-order chi connectivity index (χ0) is 12.3. The van der Waals surface area contributed by atoms with Crippen molar-refractivity contribution in [3.8, 4) is 0 Å². The number of nitrogen functional groups attached to an aromatic ring is 1. The minimum Gasteiger partial charge on any atom is -0.399 e. The second kappa shape index (κ2) is 5.49. The first kappa shape index (κ1) is 12.4. The molecule has 2 rings (SSSR count). The Morgan fingerprint density at radius 3 is 2.82 bits per heavy atom. The van der Waals surface area contributed by atoms with E-state index in [0.29, 0.717) is 10.7 Å². The van der Waals surface area contributed by atoms with E-state index in [9.17, 15) is 0 Å². The van der Waals surface area contributed by atoms with Crippen molar-refractivity contribution in [1.29, 1.82) is 0 Å². The third-order valence-corrected chi connectivity index (χ3v) is 3.41. The van der Waals surface area contributed by atoms with Gasteiger partial charge in [-0.15, -0.1) is 11.3 Å². The topological polar surface area (TPSA) is 50.9 Å². The summed E-state index contributed by atoms with van der Waals surface area (Å²) < 4.78 is 0. The summed E-state index contributed by atoms with van der Waals surface area (Å²) in [7, 11) is 0. The van der Waals surface area contributed by atoms with Crippen LogP contribution in [0.3, 0.4) is 0 Å². The van der Waals surface area contributed by atoms with E-state index in [1.54, 1.807) is 17.4 Å². The molecule has 0 radical (unpaired) electrons. The van der Waals surface area contributed by atoms with Crippen LogP contribution in [0.5, 0.6) is 0 Å². The lowest BCUT2D eigenvalue weighted by Gasteiger charge is -2.05. The van der Waals surface area contributed by atoms with E-state index in [2.05, 4.69) is 10.3 Å². The van der Waals surface area contributed by atoms with Crippen LogP contribution in [-0.4, -0.2) is 4.98 Å². The molecule has 0 atom stereocenters.